The molecular formula is C29H29N7O3. The average molecular weight is 524 g/mol. The Balaban J connectivity index is 1.17. The second kappa shape index (κ2) is 9.07. The van der Waals surface area contributed by atoms with E-state index in [-0.39, 0.29) is 30.1 Å². The fraction of sp³-hybridized carbons (Fsp3) is 0.345. The Bertz CT molecular complexity index is 1590. The summed E-state index contributed by atoms with van der Waals surface area (Å²) >= 11 is 0. The van der Waals surface area contributed by atoms with Gasteiger partial charge in [-0.05, 0) is 68.4 Å². The highest BCUT2D eigenvalue weighted by molar-refractivity contribution is 6.04. The molecule has 198 valence electrons. The second-order valence-corrected chi connectivity index (χ2v) is 10.7. The molecule has 1 aliphatic carbocycles. The molecule has 3 atom stereocenters. The van der Waals surface area contributed by atoms with Gasteiger partial charge in [-0.2, -0.15) is 0 Å². The first kappa shape index (κ1) is 23.6. The summed E-state index contributed by atoms with van der Waals surface area (Å²) in [6.45, 7) is 2.49. The number of aromatic nitrogens is 4. The van der Waals surface area contributed by atoms with Crippen LogP contribution in [0, 0.1) is 0 Å². The molecule has 3 N–H and O–H groups in total. The predicted octanol–water partition coefficient (Wildman–Crippen LogP) is 4.59. The van der Waals surface area contributed by atoms with Crippen molar-refractivity contribution in [2.24, 2.45) is 0 Å². The van der Waals surface area contributed by atoms with Crippen LogP contribution in [0.2, 0.25) is 0 Å². The first-order valence-corrected chi connectivity index (χ1v) is 13.4. The number of carbonyl (C=O) groups is 2. The monoisotopic (exact) mass is 523 g/mol. The Kier molecular flexibility index (Phi) is 5.50. The van der Waals surface area contributed by atoms with Gasteiger partial charge in [-0.15, -0.1) is 0 Å². The Morgan fingerprint density at radius 3 is 2.64 bits per heavy atom. The van der Waals surface area contributed by atoms with Crippen LogP contribution in [-0.4, -0.2) is 54.9 Å². The summed E-state index contributed by atoms with van der Waals surface area (Å²) in [4.78, 5) is 40.8. The number of nitrogen functional groups attached to an aromatic ring is 1. The second-order valence-electron chi connectivity index (χ2n) is 10.7. The maximum atomic E-state index is 12.9. The number of anilines is 2. The summed E-state index contributed by atoms with van der Waals surface area (Å²) in [5.41, 5.74) is 10.3. The average Bonchev–Trinajstić information content (AvgIpc) is 3.67. The third-order valence-electron chi connectivity index (χ3n) is 8.16. The Morgan fingerprint density at radius 2 is 1.85 bits per heavy atom. The van der Waals surface area contributed by atoms with Gasteiger partial charge in [0.2, 0.25) is 0 Å². The number of nitrogens with zero attached hydrogens (tertiary/aromatic N) is 5. The molecule has 3 aliphatic rings. The molecule has 3 fully saturated rings. The number of cyclic esters (lactones) is 1. The lowest BCUT2D eigenvalue weighted by atomic mass is 9.91. The maximum Gasteiger partial charge on any atom is 0.410 e. The fourth-order valence-corrected chi connectivity index (χ4v) is 5.94. The van der Waals surface area contributed by atoms with Gasteiger partial charge in [-0.3, -0.25) is 9.20 Å². The minimum Gasteiger partial charge on any atom is -0.444 e. The normalized spacial score (nSPS) is 22.5. The highest BCUT2D eigenvalue weighted by Gasteiger charge is 2.44. The number of hydrogen-bond acceptors (Lipinski definition) is 7. The predicted molar refractivity (Wildman–Crippen MR) is 145 cm³/mol. The number of carbonyl (C=O) groups excluding carboxylic acids is 2. The van der Waals surface area contributed by atoms with Crippen molar-refractivity contribution in [3.05, 3.63) is 71.9 Å². The van der Waals surface area contributed by atoms with E-state index < -0.39 is 0 Å². The summed E-state index contributed by atoms with van der Waals surface area (Å²) < 4.78 is 7.43. The summed E-state index contributed by atoms with van der Waals surface area (Å²) in [5, 5.41) is 2.91. The number of amides is 2. The number of imidazole rings is 1. The summed E-state index contributed by atoms with van der Waals surface area (Å²) in [7, 11) is 0. The topological polar surface area (TPSA) is 128 Å². The zero-order chi connectivity index (χ0) is 26.7. The van der Waals surface area contributed by atoms with Gasteiger partial charge in [0.15, 0.2) is 0 Å². The zero-order valence-corrected chi connectivity index (χ0v) is 21.6. The molecule has 0 spiro atoms. The largest absolute Gasteiger partial charge is 0.444 e. The van der Waals surface area contributed by atoms with Crippen LogP contribution < -0.4 is 11.1 Å². The van der Waals surface area contributed by atoms with E-state index in [1.807, 2.05) is 46.7 Å². The van der Waals surface area contributed by atoms with Crippen molar-refractivity contribution in [2.75, 3.05) is 17.6 Å². The molecule has 0 unspecified atom stereocenters. The van der Waals surface area contributed by atoms with Gasteiger partial charge >= 0.3 is 6.09 Å². The van der Waals surface area contributed by atoms with Crippen LogP contribution in [0.5, 0.6) is 0 Å². The van der Waals surface area contributed by atoms with Gasteiger partial charge in [-0.1, -0.05) is 12.1 Å². The standard InChI is InChI=1S/C29H29N7O3/c1-16-22-9-8-21(15-36(22)29(38)39-16)27-34-24(25-26(30)32-12-13-35(25)27)18-4-6-19(7-5-18)28(37)33-23-14-20(10-11-31-23)17-2-3-17/h4-7,10-14,16-17,21-22H,2-3,8-9,15H2,1H3,(H2,30,32)(H,31,33,37)/t16-,21+,22-/m0/s1. The lowest BCUT2D eigenvalue weighted by Crippen LogP contribution is -2.43. The van der Waals surface area contributed by atoms with E-state index in [4.69, 9.17) is 15.5 Å². The third-order valence-corrected chi connectivity index (χ3v) is 8.16. The van der Waals surface area contributed by atoms with Crippen molar-refractivity contribution in [3.63, 3.8) is 0 Å². The van der Waals surface area contributed by atoms with E-state index in [1.165, 1.54) is 18.4 Å². The van der Waals surface area contributed by atoms with Crippen molar-refractivity contribution in [1.29, 1.82) is 0 Å². The van der Waals surface area contributed by atoms with Crippen LogP contribution in [0.15, 0.2) is 55.0 Å². The SMILES string of the molecule is C[C@@H]1OC(=O)N2C[C@H](c3nc(-c4ccc(C(=O)Nc5cc(C6CC6)ccn5)cc4)c4c(N)nccn34)CC[C@@H]12. The number of pyridine rings is 1. The number of nitrogens with one attached hydrogen (secondary N) is 1. The van der Waals surface area contributed by atoms with Crippen molar-refractivity contribution >= 4 is 29.2 Å². The summed E-state index contributed by atoms with van der Waals surface area (Å²) in [5.74, 6) is 2.17. The fourth-order valence-electron chi connectivity index (χ4n) is 5.94. The molecule has 2 aliphatic heterocycles. The number of nitrogens with two attached hydrogens (primary N) is 1. The summed E-state index contributed by atoms with van der Waals surface area (Å²) in [6.07, 6.45) is 9.02. The number of hydrogen-bond donors (Lipinski definition) is 2. The molecule has 0 radical (unpaired) electrons. The molecule has 5 heterocycles. The van der Waals surface area contributed by atoms with Crippen molar-refractivity contribution < 1.29 is 14.3 Å². The molecule has 7 rings (SSSR count). The molecule has 1 aromatic carbocycles. The van der Waals surface area contributed by atoms with Crippen LogP contribution in [-0.2, 0) is 4.74 Å². The number of piperidine rings is 1. The van der Waals surface area contributed by atoms with Gasteiger partial charge in [0.25, 0.3) is 5.91 Å². The minimum absolute atomic E-state index is 0.0334. The van der Waals surface area contributed by atoms with E-state index in [0.717, 1.165) is 24.2 Å². The number of fused-ring (bicyclic) bond motifs is 2. The highest BCUT2D eigenvalue weighted by Crippen LogP contribution is 2.40. The molecule has 3 aromatic heterocycles. The Hall–Kier alpha value is -4.47. The first-order valence-electron chi connectivity index (χ1n) is 13.4. The molecule has 10 heteroatoms. The van der Waals surface area contributed by atoms with Crippen LogP contribution in [0.25, 0.3) is 16.8 Å². The lowest BCUT2D eigenvalue weighted by Gasteiger charge is -2.33. The molecule has 1 saturated carbocycles. The van der Waals surface area contributed by atoms with Crippen molar-refractivity contribution in [2.45, 2.75) is 56.6 Å². The molecule has 39 heavy (non-hydrogen) atoms. The van der Waals surface area contributed by atoms with Crippen LogP contribution >= 0.6 is 0 Å². The quantitative estimate of drug-likeness (QED) is 0.392. The van der Waals surface area contributed by atoms with Crippen LogP contribution in [0.1, 0.15) is 66.2 Å². The highest BCUT2D eigenvalue weighted by atomic mass is 16.6. The van der Waals surface area contributed by atoms with E-state index in [1.54, 1.807) is 24.5 Å². The molecule has 0 bridgehead atoms. The molecular weight excluding hydrogens is 494 g/mol. The summed E-state index contributed by atoms with van der Waals surface area (Å²) in [6, 6.07) is 11.4. The van der Waals surface area contributed by atoms with E-state index in [2.05, 4.69) is 15.3 Å². The third kappa shape index (κ3) is 4.16. The molecule has 2 saturated heterocycles. The molecule has 2 amide bonds. The van der Waals surface area contributed by atoms with Crippen LogP contribution in [0.4, 0.5) is 16.4 Å². The van der Waals surface area contributed by atoms with E-state index in [0.29, 0.717) is 40.9 Å². The lowest BCUT2D eigenvalue weighted by molar-refractivity contribution is 0.102. The van der Waals surface area contributed by atoms with Gasteiger partial charge in [-0.25, -0.2) is 19.7 Å². The molecule has 4 aromatic rings. The van der Waals surface area contributed by atoms with Crippen LogP contribution in [0.3, 0.4) is 0 Å². The van der Waals surface area contributed by atoms with E-state index >= 15 is 0 Å². The number of ether oxygens (including phenoxy) is 1. The van der Waals surface area contributed by atoms with E-state index in [9.17, 15) is 9.59 Å². The number of rotatable bonds is 5. The van der Waals surface area contributed by atoms with Gasteiger partial charge in [0.05, 0.1) is 6.04 Å². The van der Waals surface area contributed by atoms with Gasteiger partial charge < -0.3 is 20.7 Å². The zero-order valence-electron chi connectivity index (χ0n) is 21.6. The van der Waals surface area contributed by atoms with Crippen molar-refractivity contribution in [3.8, 4) is 11.3 Å². The molecule has 10 nitrogen and oxygen atoms in total. The maximum absolute atomic E-state index is 12.9. The Labute approximate surface area is 225 Å². The van der Waals surface area contributed by atoms with Gasteiger partial charge in [0, 0.05) is 42.2 Å². The number of benzene rings is 1. The smallest absolute Gasteiger partial charge is 0.410 e. The minimum atomic E-state index is -0.261. The first-order chi connectivity index (χ1) is 19.0. The van der Waals surface area contributed by atoms with Gasteiger partial charge in [0.1, 0.15) is 34.8 Å². The Morgan fingerprint density at radius 1 is 1.05 bits per heavy atom. The van der Waals surface area contributed by atoms with Crippen molar-refractivity contribution in [1.82, 2.24) is 24.3 Å².